The van der Waals surface area contributed by atoms with Gasteiger partial charge in [-0.05, 0) is 56.2 Å². The van der Waals surface area contributed by atoms with Gasteiger partial charge in [0, 0.05) is 29.9 Å². The largest absolute Gasteiger partial charge is 0.384 e. The summed E-state index contributed by atoms with van der Waals surface area (Å²) in [6.07, 6.45) is 3.18. The highest BCUT2D eigenvalue weighted by Gasteiger charge is 2.30. The molecule has 38 heavy (non-hydrogen) atoms. The maximum Gasteiger partial charge on any atom is 0.278 e. The molecule has 1 unspecified atom stereocenters. The Labute approximate surface area is 228 Å². The number of nitrogens with one attached hydrogen (secondary N) is 2. The first-order valence-electron chi connectivity index (χ1n) is 12.4. The molecule has 0 radical (unpaired) electrons. The molecular formula is C28H34ClN7O2. The molecule has 200 valence electrons. The average molecular weight is 536 g/mol. The van der Waals surface area contributed by atoms with E-state index in [1.54, 1.807) is 42.8 Å². The second-order valence-electron chi connectivity index (χ2n) is 10.8. The van der Waals surface area contributed by atoms with Crippen molar-refractivity contribution < 1.29 is 5.11 Å². The maximum absolute atomic E-state index is 13.2. The van der Waals surface area contributed by atoms with E-state index in [0.717, 1.165) is 12.2 Å². The Morgan fingerprint density at radius 3 is 2.74 bits per heavy atom. The van der Waals surface area contributed by atoms with E-state index in [-0.39, 0.29) is 36.0 Å². The van der Waals surface area contributed by atoms with Crippen LogP contribution in [0.1, 0.15) is 57.5 Å². The van der Waals surface area contributed by atoms with Crippen molar-refractivity contribution in [3.63, 3.8) is 0 Å². The van der Waals surface area contributed by atoms with E-state index in [4.69, 9.17) is 4.98 Å². The van der Waals surface area contributed by atoms with Crippen LogP contribution in [0.4, 0.5) is 11.6 Å². The number of nitrogens with zero attached hydrogens (tertiary/aromatic N) is 5. The van der Waals surface area contributed by atoms with Gasteiger partial charge in [-0.2, -0.15) is 4.98 Å². The third-order valence-electron chi connectivity index (χ3n) is 6.91. The van der Waals surface area contributed by atoms with Crippen LogP contribution in [0.25, 0.3) is 16.9 Å². The van der Waals surface area contributed by atoms with Crippen LogP contribution in [0, 0.1) is 0 Å². The summed E-state index contributed by atoms with van der Waals surface area (Å²) in [6.45, 7) is 15.0. The van der Waals surface area contributed by atoms with Crippen LogP contribution < -0.4 is 16.2 Å². The first kappa shape index (κ1) is 27.5. The minimum Gasteiger partial charge on any atom is -0.384 e. The molecule has 0 bridgehead atoms. The van der Waals surface area contributed by atoms with Gasteiger partial charge in [0.1, 0.15) is 11.0 Å². The predicted octanol–water partition coefficient (Wildman–Crippen LogP) is 4.50. The number of rotatable bonds is 6. The first-order chi connectivity index (χ1) is 17.5. The van der Waals surface area contributed by atoms with Gasteiger partial charge in [0.05, 0.1) is 12.2 Å². The molecule has 1 aliphatic rings. The van der Waals surface area contributed by atoms with Crippen LogP contribution in [0.3, 0.4) is 0 Å². The van der Waals surface area contributed by atoms with Gasteiger partial charge in [-0.3, -0.25) is 4.79 Å². The quantitative estimate of drug-likeness (QED) is 0.312. The Balaban J connectivity index is 0.00000336. The molecule has 5 rings (SSSR count). The van der Waals surface area contributed by atoms with E-state index in [0.29, 0.717) is 28.5 Å². The van der Waals surface area contributed by atoms with Crippen LogP contribution in [0.15, 0.2) is 60.0 Å². The van der Waals surface area contributed by atoms with Crippen molar-refractivity contribution >= 4 is 35.1 Å². The molecule has 0 aliphatic carbocycles. The normalized spacial score (nSPS) is 16.5. The van der Waals surface area contributed by atoms with E-state index in [1.165, 1.54) is 22.0 Å². The second-order valence-corrected chi connectivity index (χ2v) is 10.8. The highest BCUT2D eigenvalue weighted by Crippen LogP contribution is 2.36. The minimum absolute atomic E-state index is 0. The fourth-order valence-electron chi connectivity index (χ4n) is 4.85. The van der Waals surface area contributed by atoms with Gasteiger partial charge in [0.2, 0.25) is 5.95 Å². The molecule has 1 atom stereocenters. The number of hydrogen-bond donors (Lipinski definition) is 3. The number of aromatic nitrogens is 5. The van der Waals surface area contributed by atoms with Crippen LogP contribution in [-0.4, -0.2) is 36.0 Å². The molecule has 0 amide bonds. The van der Waals surface area contributed by atoms with E-state index in [2.05, 4.69) is 60.1 Å². The van der Waals surface area contributed by atoms with Crippen LogP contribution in [0.5, 0.6) is 0 Å². The van der Waals surface area contributed by atoms with Gasteiger partial charge in [0.15, 0.2) is 11.5 Å². The highest BCUT2D eigenvalue weighted by atomic mass is 35.5. The lowest BCUT2D eigenvalue weighted by Gasteiger charge is -2.37. The Morgan fingerprint density at radius 2 is 2.03 bits per heavy atom. The maximum atomic E-state index is 13.2. The second kappa shape index (κ2) is 9.98. The predicted molar refractivity (Wildman–Crippen MR) is 153 cm³/mol. The lowest BCUT2D eigenvalue weighted by Crippen LogP contribution is -2.40. The van der Waals surface area contributed by atoms with Crippen molar-refractivity contribution in [1.82, 2.24) is 29.6 Å². The molecule has 0 spiro atoms. The van der Waals surface area contributed by atoms with Crippen molar-refractivity contribution in [2.75, 3.05) is 11.9 Å². The van der Waals surface area contributed by atoms with Crippen molar-refractivity contribution in [3.8, 4) is 5.82 Å². The number of hydrogen-bond acceptors (Lipinski definition) is 7. The SMILES string of the molecule is C=CCn1c(=O)c2cnc(Nc3ccc4c(c3)C(C)NCC4(C)C)nc2n1-c1cccc(C(C)(C)O)n1.Cl. The van der Waals surface area contributed by atoms with E-state index in [9.17, 15) is 9.90 Å². The zero-order valence-electron chi connectivity index (χ0n) is 22.3. The summed E-state index contributed by atoms with van der Waals surface area (Å²) in [7, 11) is 0. The standard InChI is InChI=1S/C28H33N7O2.ClH/c1-7-13-34-25(36)20-15-29-26(31-18-11-12-21-19(14-18)17(2)30-16-27(21,3)4)33-24(20)35(34)23-10-8-9-22(32-23)28(5,6)37;/h7-12,14-15,17,30,37H,1,13,16H2,2-6H3,(H,29,31,33);1H. The monoisotopic (exact) mass is 535 g/mol. The molecule has 3 N–H and O–H groups in total. The number of fused-ring (bicyclic) bond motifs is 2. The lowest BCUT2D eigenvalue weighted by molar-refractivity contribution is 0.0738. The highest BCUT2D eigenvalue weighted by molar-refractivity contribution is 5.85. The zero-order valence-corrected chi connectivity index (χ0v) is 23.1. The van der Waals surface area contributed by atoms with Gasteiger partial charge >= 0.3 is 0 Å². The minimum atomic E-state index is -1.14. The van der Waals surface area contributed by atoms with Crippen molar-refractivity contribution in [2.24, 2.45) is 0 Å². The molecule has 4 aromatic rings. The number of aliphatic hydroxyl groups is 1. The van der Waals surface area contributed by atoms with E-state index < -0.39 is 5.60 Å². The van der Waals surface area contributed by atoms with Gasteiger partial charge in [-0.15, -0.1) is 19.0 Å². The summed E-state index contributed by atoms with van der Waals surface area (Å²) >= 11 is 0. The summed E-state index contributed by atoms with van der Waals surface area (Å²) in [5.41, 5.74) is 2.99. The summed E-state index contributed by atoms with van der Waals surface area (Å²) in [5, 5.41) is 17.8. The Kier molecular flexibility index (Phi) is 7.22. The number of allylic oxidation sites excluding steroid dienone is 1. The molecular weight excluding hydrogens is 502 g/mol. The zero-order chi connectivity index (χ0) is 26.5. The summed E-state index contributed by atoms with van der Waals surface area (Å²) in [6, 6.07) is 11.9. The number of halogens is 1. The Bertz CT molecular complexity index is 1570. The summed E-state index contributed by atoms with van der Waals surface area (Å²) in [4.78, 5) is 27.0. The topological polar surface area (TPSA) is 110 Å². The molecule has 1 aliphatic heterocycles. The van der Waals surface area contributed by atoms with Crippen molar-refractivity contribution in [1.29, 1.82) is 0 Å². The van der Waals surface area contributed by atoms with Crippen LogP contribution in [0.2, 0.25) is 0 Å². The molecule has 1 aromatic carbocycles. The molecule has 9 nitrogen and oxygen atoms in total. The van der Waals surface area contributed by atoms with Crippen LogP contribution >= 0.6 is 12.4 Å². The lowest BCUT2D eigenvalue weighted by atomic mass is 9.77. The van der Waals surface area contributed by atoms with Gasteiger partial charge in [0.25, 0.3) is 5.56 Å². The number of anilines is 2. The van der Waals surface area contributed by atoms with Crippen molar-refractivity contribution in [3.05, 3.63) is 82.4 Å². The number of pyridine rings is 1. The molecule has 4 heterocycles. The number of benzene rings is 1. The first-order valence-corrected chi connectivity index (χ1v) is 12.4. The van der Waals surface area contributed by atoms with Gasteiger partial charge in [-0.25, -0.2) is 19.3 Å². The van der Waals surface area contributed by atoms with Crippen molar-refractivity contribution in [2.45, 2.75) is 58.2 Å². The Morgan fingerprint density at radius 1 is 1.26 bits per heavy atom. The van der Waals surface area contributed by atoms with E-state index in [1.807, 2.05) is 6.07 Å². The molecule has 0 fully saturated rings. The van der Waals surface area contributed by atoms with Crippen LogP contribution in [-0.2, 0) is 17.6 Å². The molecule has 0 saturated carbocycles. The summed E-state index contributed by atoms with van der Waals surface area (Å²) in [5.74, 6) is 0.834. The molecule has 0 saturated heterocycles. The average Bonchev–Trinajstić information content (AvgIpc) is 3.12. The van der Waals surface area contributed by atoms with E-state index >= 15 is 0 Å². The molecule has 3 aromatic heterocycles. The fraction of sp³-hybridized carbons (Fsp3) is 0.357. The third kappa shape index (κ3) is 4.84. The smallest absolute Gasteiger partial charge is 0.278 e. The fourth-order valence-corrected chi connectivity index (χ4v) is 4.85. The Hall–Kier alpha value is -3.53. The van der Waals surface area contributed by atoms with Gasteiger partial charge < -0.3 is 15.7 Å². The molecule has 10 heteroatoms. The third-order valence-corrected chi connectivity index (χ3v) is 6.91. The van der Waals surface area contributed by atoms with Gasteiger partial charge in [-0.1, -0.05) is 32.1 Å². The summed E-state index contributed by atoms with van der Waals surface area (Å²) < 4.78 is 3.17.